The number of hydrogen-bond acceptors (Lipinski definition) is 7. The summed E-state index contributed by atoms with van der Waals surface area (Å²) in [5.41, 5.74) is 0.991. The SMILES string of the molecule is CC1CN(c2cc(Cl)nc(SCC(=O)NCc3ccncc3)n2)CCN1C(=O)CCC1CCCC1. The first-order chi connectivity index (χ1) is 17.0. The van der Waals surface area contributed by atoms with Gasteiger partial charge in [-0.1, -0.05) is 49.0 Å². The minimum Gasteiger partial charge on any atom is -0.353 e. The molecule has 188 valence electrons. The Morgan fingerprint density at radius 2 is 1.94 bits per heavy atom. The molecule has 1 atom stereocenters. The quantitative estimate of drug-likeness (QED) is 0.306. The summed E-state index contributed by atoms with van der Waals surface area (Å²) in [5, 5.41) is 3.70. The average molecular weight is 517 g/mol. The largest absolute Gasteiger partial charge is 0.353 e. The first-order valence-corrected chi connectivity index (χ1v) is 13.7. The van der Waals surface area contributed by atoms with Crippen LogP contribution >= 0.6 is 23.4 Å². The van der Waals surface area contributed by atoms with E-state index in [1.807, 2.05) is 17.0 Å². The van der Waals surface area contributed by atoms with Crippen molar-refractivity contribution in [1.29, 1.82) is 0 Å². The van der Waals surface area contributed by atoms with Gasteiger partial charge in [0.05, 0.1) is 5.75 Å². The maximum atomic E-state index is 12.8. The highest BCUT2D eigenvalue weighted by Crippen LogP contribution is 2.29. The Hall–Kier alpha value is -2.39. The molecule has 2 amide bonds. The summed E-state index contributed by atoms with van der Waals surface area (Å²) in [6.45, 7) is 4.60. The highest BCUT2D eigenvalue weighted by Gasteiger charge is 2.29. The van der Waals surface area contributed by atoms with Crippen molar-refractivity contribution in [3.63, 3.8) is 0 Å². The summed E-state index contributed by atoms with van der Waals surface area (Å²) in [6.07, 6.45) is 10.2. The topological polar surface area (TPSA) is 91.3 Å². The number of rotatable bonds is 9. The molecule has 2 aromatic heterocycles. The van der Waals surface area contributed by atoms with Crippen molar-refractivity contribution in [3.8, 4) is 0 Å². The Morgan fingerprint density at radius 3 is 2.69 bits per heavy atom. The lowest BCUT2D eigenvalue weighted by molar-refractivity contribution is -0.134. The second-order valence-corrected chi connectivity index (χ2v) is 10.7. The molecule has 1 unspecified atom stereocenters. The van der Waals surface area contributed by atoms with Crippen LogP contribution in [0.15, 0.2) is 35.7 Å². The molecule has 35 heavy (non-hydrogen) atoms. The van der Waals surface area contributed by atoms with Gasteiger partial charge in [-0.3, -0.25) is 14.6 Å². The standard InChI is InChI=1S/C25H33ClN6O2S/c1-18-16-31(12-13-32(18)24(34)7-6-19-4-2-3-5-19)22-14-21(26)29-25(30-22)35-17-23(33)28-15-20-8-10-27-11-9-20/h8-11,14,18-19H,2-7,12-13,15-17H2,1H3,(H,28,33). The van der Waals surface area contributed by atoms with Gasteiger partial charge < -0.3 is 15.1 Å². The van der Waals surface area contributed by atoms with Gasteiger partial charge in [0.2, 0.25) is 11.8 Å². The fraction of sp³-hybridized carbons (Fsp3) is 0.560. The first kappa shape index (κ1) is 25.7. The highest BCUT2D eigenvalue weighted by molar-refractivity contribution is 7.99. The first-order valence-electron chi connectivity index (χ1n) is 12.4. The summed E-state index contributed by atoms with van der Waals surface area (Å²) in [6, 6.07) is 5.58. The van der Waals surface area contributed by atoms with E-state index in [4.69, 9.17) is 11.6 Å². The Bertz CT molecular complexity index is 1000. The number of anilines is 1. The molecule has 10 heteroatoms. The van der Waals surface area contributed by atoms with Gasteiger partial charge in [-0.25, -0.2) is 9.97 Å². The molecule has 2 fully saturated rings. The van der Waals surface area contributed by atoms with E-state index in [0.29, 0.717) is 42.9 Å². The van der Waals surface area contributed by atoms with Crippen LogP contribution in [0.4, 0.5) is 5.82 Å². The minimum atomic E-state index is -0.102. The second-order valence-electron chi connectivity index (χ2n) is 9.32. The van der Waals surface area contributed by atoms with Gasteiger partial charge in [0, 0.05) is 57.1 Å². The number of nitrogens with one attached hydrogen (secondary N) is 1. The van der Waals surface area contributed by atoms with Crippen molar-refractivity contribution in [3.05, 3.63) is 41.3 Å². The zero-order chi connectivity index (χ0) is 24.6. The lowest BCUT2D eigenvalue weighted by Gasteiger charge is -2.40. The van der Waals surface area contributed by atoms with Crippen molar-refractivity contribution in [2.45, 2.75) is 63.2 Å². The van der Waals surface area contributed by atoms with Crippen LogP contribution in [0.2, 0.25) is 5.15 Å². The smallest absolute Gasteiger partial charge is 0.230 e. The Morgan fingerprint density at radius 1 is 1.17 bits per heavy atom. The molecule has 1 N–H and O–H groups in total. The van der Waals surface area contributed by atoms with Crippen LogP contribution in [0.3, 0.4) is 0 Å². The molecule has 1 aliphatic heterocycles. The van der Waals surface area contributed by atoms with E-state index in [0.717, 1.165) is 23.7 Å². The number of amides is 2. The van der Waals surface area contributed by atoms with E-state index in [2.05, 4.69) is 32.1 Å². The summed E-state index contributed by atoms with van der Waals surface area (Å²) in [5.74, 6) is 1.82. The third-order valence-electron chi connectivity index (χ3n) is 6.75. The number of halogens is 1. The van der Waals surface area contributed by atoms with Crippen molar-refractivity contribution in [2.24, 2.45) is 5.92 Å². The number of nitrogens with zero attached hydrogens (tertiary/aromatic N) is 5. The van der Waals surface area contributed by atoms with Gasteiger partial charge in [0.15, 0.2) is 5.16 Å². The zero-order valence-electron chi connectivity index (χ0n) is 20.2. The van der Waals surface area contributed by atoms with E-state index in [9.17, 15) is 9.59 Å². The summed E-state index contributed by atoms with van der Waals surface area (Å²) in [4.78, 5) is 42.1. The molecule has 1 saturated heterocycles. The van der Waals surface area contributed by atoms with Crippen molar-refractivity contribution in [2.75, 3.05) is 30.3 Å². The third kappa shape index (κ3) is 7.54. The molecule has 1 saturated carbocycles. The number of aromatic nitrogens is 3. The van der Waals surface area contributed by atoms with Gasteiger partial charge in [0.25, 0.3) is 0 Å². The number of piperazine rings is 1. The molecular weight excluding hydrogens is 484 g/mol. The molecule has 2 aromatic rings. The van der Waals surface area contributed by atoms with Crippen LogP contribution in [0.25, 0.3) is 0 Å². The number of hydrogen-bond donors (Lipinski definition) is 1. The molecule has 3 heterocycles. The fourth-order valence-corrected chi connectivity index (χ4v) is 5.71. The summed E-state index contributed by atoms with van der Waals surface area (Å²) >= 11 is 7.54. The predicted molar refractivity (Wildman–Crippen MR) is 138 cm³/mol. The van der Waals surface area contributed by atoms with E-state index < -0.39 is 0 Å². The molecule has 0 radical (unpaired) electrons. The third-order valence-corrected chi connectivity index (χ3v) is 7.79. The fourth-order valence-electron chi connectivity index (χ4n) is 4.80. The number of thioether (sulfide) groups is 1. The van der Waals surface area contributed by atoms with E-state index >= 15 is 0 Å². The summed E-state index contributed by atoms with van der Waals surface area (Å²) in [7, 11) is 0. The molecule has 4 rings (SSSR count). The molecule has 0 spiro atoms. The Labute approximate surface area is 216 Å². The van der Waals surface area contributed by atoms with Crippen LogP contribution in [0, 0.1) is 5.92 Å². The highest BCUT2D eigenvalue weighted by atomic mass is 35.5. The van der Waals surface area contributed by atoms with Crippen molar-refractivity contribution in [1.82, 2.24) is 25.2 Å². The lowest BCUT2D eigenvalue weighted by atomic mass is 10.0. The second kappa shape index (κ2) is 12.5. The molecule has 2 aliphatic rings. The van der Waals surface area contributed by atoms with Crippen LogP contribution in [-0.4, -0.2) is 63.1 Å². The average Bonchev–Trinajstić information content (AvgIpc) is 3.39. The van der Waals surface area contributed by atoms with E-state index in [-0.39, 0.29) is 23.6 Å². The van der Waals surface area contributed by atoms with Gasteiger partial charge in [0.1, 0.15) is 11.0 Å². The van der Waals surface area contributed by atoms with E-state index in [1.165, 1.54) is 37.4 Å². The van der Waals surface area contributed by atoms with Crippen molar-refractivity contribution < 1.29 is 9.59 Å². The van der Waals surface area contributed by atoms with Crippen LogP contribution < -0.4 is 10.2 Å². The number of carbonyl (C=O) groups excluding carboxylic acids is 2. The Balaban J connectivity index is 1.27. The van der Waals surface area contributed by atoms with E-state index in [1.54, 1.807) is 18.5 Å². The van der Waals surface area contributed by atoms with Gasteiger partial charge in [-0.15, -0.1) is 0 Å². The van der Waals surface area contributed by atoms with Gasteiger partial charge in [-0.05, 0) is 37.0 Å². The molecule has 0 aromatic carbocycles. The maximum absolute atomic E-state index is 12.8. The molecular formula is C25H33ClN6O2S. The van der Waals surface area contributed by atoms with Crippen LogP contribution in [-0.2, 0) is 16.1 Å². The van der Waals surface area contributed by atoms with Crippen LogP contribution in [0.1, 0.15) is 51.0 Å². The molecule has 0 bridgehead atoms. The van der Waals surface area contributed by atoms with Crippen molar-refractivity contribution >= 4 is 41.0 Å². The lowest BCUT2D eigenvalue weighted by Crippen LogP contribution is -2.54. The predicted octanol–water partition coefficient (Wildman–Crippen LogP) is 3.94. The zero-order valence-corrected chi connectivity index (χ0v) is 21.7. The van der Waals surface area contributed by atoms with Crippen LogP contribution in [0.5, 0.6) is 0 Å². The minimum absolute atomic E-state index is 0.101. The summed E-state index contributed by atoms with van der Waals surface area (Å²) < 4.78 is 0. The Kier molecular flexibility index (Phi) is 9.20. The normalized spacial score (nSPS) is 18.6. The number of carbonyl (C=O) groups is 2. The van der Waals surface area contributed by atoms with Gasteiger partial charge >= 0.3 is 0 Å². The van der Waals surface area contributed by atoms with Gasteiger partial charge in [-0.2, -0.15) is 0 Å². The number of pyridine rings is 1. The maximum Gasteiger partial charge on any atom is 0.230 e. The monoisotopic (exact) mass is 516 g/mol. The molecule has 8 nitrogen and oxygen atoms in total. The molecule has 1 aliphatic carbocycles.